The largest absolute Gasteiger partial charge is 0.375 e. The molecule has 4 nitrogen and oxygen atoms in total. The molecule has 1 fully saturated rings. The van der Waals surface area contributed by atoms with Crippen LogP contribution >= 0.6 is 11.3 Å². The number of hydrogen-bond donors (Lipinski definition) is 2. The summed E-state index contributed by atoms with van der Waals surface area (Å²) in [6, 6.07) is 0.230. The summed E-state index contributed by atoms with van der Waals surface area (Å²) in [7, 11) is 0. The Morgan fingerprint density at radius 2 is 2.00 bits per heavy atom. The molecule has 0 bridgehead atoms. The lowest BCUT2D eigenvalue weighted by Crippen LogP contribution is -2.37. The summed E-state index contributed by atoms with van der Waals surface area (Å²) < 4.78 is 0. The predicted molar refractivity (Wildman–Crippen MR) is 79.4 cm³/mol. The molecular formula is C14H23N3OS. The smallest absolute Gasteiger partial charge is 0.263 e. The minimum atomic E-state index is -0.0246. The zero-order valence-corrected chi connectivity index (χ0v) is 12.6. The van der Waals surface area contributed by atoms with Gasteiger partial charge in [0.1, 0.15) is 4.88 Å². The van der Waals surface area contributed by atoms with Crippen molar-refractivity contribution in [3.63, 3.8) is 0 Å². The number of aryl methyl sites for hydroxylation is 1. The molecule has 1 saturated carbocycles. The molecule has 1 aromatic heterocycles. The van der Waals surface area contributed by atoms with Gasteiger partial charge in [-0.1, -0.05) is 37.0 Å². The minimum absolute atomic E-state index is 0.0246. The van der Waals surface area contributed by atoms with Crippen molar-refractivity contribution in [2.75, 3.05) is 5.73 Å². The molecule has 19 heavy (non-hydrogen) atoms. The van der Waals surface area contributed by atoms with Crippen LogP contribution < -0.4 is 11.1 Å². The first-order valence-corrected chi connectivity index (χ1v) is 7.93. The number of carbonyl (C=O) groups is 1. The fraction of sp³-hybridized carbons (Fsp3) is 0.714. The second kappa shape index (κ2) is 6.37. The Balaban J connectivity index is 1.96. The summed E-state index contributed by atoms with van der Waals surface area (Å²) in [5.74, 6) is 0.584. The van der Waals surface area contributed by atoms with Crippen LogP contribution in [0.4, 0.5) is 5.13 Å². The number of amides is 1. The fourth-order valence-electron chi connectivity index (χ4n) is 2.83. The number of aromatic nitrogens is 1. The molecular weight excluding hydrogens is 258 g/mol. The van der Waals surface area contributed by atoms with Gasteiger partial charge in [-0.15, -0.1) is 0 Å². The third-order valence-corrected chi connectivity index (χ3v) is 4.97. The van der Waals surface area contributed by atoms with Crippen LogP contribution in [0.3, 0.4) is 0 Å². The summed E-state index contributed by atoms with van der Waals surface area (Å²) in [5.41, 5.74) is 6.37. The third-order valence-electron chi connectivity index (χ3n) is 3.99. The zero-order chi connectivity index (χ0) is 13.8. The van der Waals surface area contributed by atoms with E-state index in [0.29, 0.717) is 15.9 Å². The van der Waals surface area contributed by atoms with Crippen molar-refractivity contribution >= 4 is 22.4 Å². The van der Waals surface area contributed by atoms with Crippen LogP contribution in [0.2, 0.25) is 0 Å². The Bertz CT molecular complexity index is 436. The van der Waals surface area contributed by atoms with Crippen molar-refractivity contribution in [1.82, 2.24) is 10.3 Å². The molecule has 1 aliphatic carbocycles. The first-order valence-electron chi connectivity index (χ1n) is 7.11. The van der Waals surface area contributed by atoms with E-state index in [2.05, 4.69) is 17.2 Å². The summed E-state index contributed by atoms with van der Waals surface area (Å²) in [4.78, 5) is 17.0. The minimum Gasteiger partial charge on any atom is -0.375 e. The van der Waals surface area contributed by atoms with Crippen LogP contribution in [0.25, 0.3) is 0 Å². The molecule has 0 spiro atoms. The Kier molecular flexibility index (Phi) is 4.80. The second-order valence-corrected chi connectivity index (χ2v) is 6.51. The van der Waals surface area contributed by atoms with Crippen molar-refractivity contribution in [3.05, 3.63) is 10.6 Å². The van der Waals surface area contributed by atoms with Crippen molar-refractivity contribution in [2.45, 2.75) is 58.4 Å². The molecule has 1 atom stereocenters. The molecule has 1 heterocycles. The highest BCUT2D eigenvalue weighted by Gasteiger charge is 2.22. The average molecular weight is 281 g/mol. The highest BCUT2D eigenvalue weighted by atomic mass is 32.1. The van der Waals surface area contributed by atoms with E-state index in [9.17, 15) is 4.79 Å². The Hall–Kier alpha value is -1.10. The van der Waals surface area contributed by atoms with Gasteiger partial charge < -0.3 is 11.1 Å². The van der Waals surface area contributed by atoms with Crippen LogP contribution in [0.1, 0.15) is 60.8 Å². The van der Waals surface area contributed by atoms with Crippen molar-refractivity contribution in [2.24, 2.45) is 5.92 Å². The number of thiazole rings is 1. The molecule has 0 aliphatic heterocycles. The normalized spacial score (nSPS) is 18.8. The Morgan fingerprint density at radius 3 is 2.53 bits per heavy atom. The van der Waals surface area contributed by atoms with Crippen molar-refractivity contribution in [1.29, 1.82) is 0 Å². The first kappa shape index (κ1) is 14.3. The van der Waals surface area contributed by atoms with E-state index in [-0.39, 0.29) is 11.9 Å². The first-order chi connectivity index (χ1) is 9.08. The van der Waals surface area contributed by atoms with E-state index < -0.39 is 0 Å². The molecule has 1 aliphatic rings. The van der Waals surface area contributed by atoms with Crippen LogP contribution in [0, 0.1) is 12.8 Å². The number of rotatable bonds is 3. The Labute approximate surface area is 118 Å². The number of nitrogen functional groups attached to an aromatic ring is 1. The van der Waals surface area contributed by atoms with Gasteiger partial charge in [-0.25, -0.2) is 4.98 Å². The van der Waals surface area contributed by atoms with Crippen LogP contribution in [0.15, 0.2) is 0 Å². The van der Waals surface area contributed by atoms with Gasteiger partial charge in [0.25, 0.3) is 5.91 Å². The molecule has 0 saturated heterocycles. The van der Waals surface area contributed by atoms with E-state index in [0.717, 1.165) is 5.69 Å². The predicted octanol–water partition coefficient (Wildman–Crippen LogP) is 3.12. The van der Waals surface area contributed by atoms with E-state index in [1.807, 2.05) is 6.92 Å². The van der Waals surface area contributed by atoms with Crippen molar-refractivity contribution in [3.8, 4) is 0 Å². The van der Waals surface area contributed by atoms with E-state index in [1.54, 1.807) is 0 Å². The maximum atomic E-state index is 12.2. The molecule has 106 valence electrons. The van der Waals surface area contributed by atoms with Crippen LogP contribution in [0.5, 0.6) is 0 Å². The summed E-state index contributed by atoms with van der Waals surface area (Å²) in [6.07, 6.45) is 7.70. The SMILES string of the molecule is Cc1nc(N)sc1C(=O)N[C@H](C)C1CCCCCC1. The maximum Gasteiger partial charge on any atom is 0.263 e. The fourth-order valence-corrected chi connectivity index (χ4v) is 3.57. The van der Waals surface area contributed by atoms with E-state index in [4.69, 9.17) is 5.73 Å². The average Bonchev–Trinajstić information content (AvgIpc) is 2.58. The highest BCUT2D eigenvalue weighted by molar-refractivity contribution is 7.17. The van der Waals surface area contributed by atoms with Gasteiger partial charge in [-0.3, -0.25) is 4.79 Å². The summed E-state index contributed by atoms with van der Waals surface area (Å²) >= 11 is 1.27. The lowest BCUT2D eigenvalue weighted by molar-refractivity contribution is 0.0927. The number of nitrogens with one attached hydrogen (secondary N) is 1. The number of nitrogens with zero attached hydrogens (tertiary/aromatic N) is 1. The topological polar surface area (TPSA) is 68.0 Å². The zero-order valence-electron chi connectivity index (χ0n) is 11.7. The van der Waals surface area contributed by atoms with Gasteiger partial charge in [0.05, 0.1) is 5.69 Å². The third kappa shape index (κ3) is 3.69. The molecule has 0 aromatic carbocycles. The van der Waals surface area contributed by atoms with Gasteiger partial charge in [0, 0.05) is 6.04 Å². The summed E-state index contributed by atoms with van der Waals surface area (Å²) in [6.45, 7) is 3.95. The number of hydrogen-bond acceptors (Lipinski definition) is 4. The lowest BCUT2D eigenvalue weighted by Gasteiger charge is -2.23. The highest BCUT2D eigenvalue weighted by Crippen LogP contribution is 2.26. The van der Waals surface area contributed by atoms with Crippen LogP contribution in [-0.2, 0) is 0 Å². The molecule has 0 unspecified atom stereocenters. The second-order valence-electron chi connectivity index (χ2n) is 5.48. The molecule has 3 N–H and O–H groups in total. The van der Waals surface area contributed by atoms with Gasteiger partial charge in [0.15, 0.2) is 5.13 Å². The molecule has 2 rings (SSSR count). The summed E-state index contributed by atoms with van der Waals surface area (Å²) in [5, 5.41) is 3.59. The molecule has 1 aromatic rings. The Morgan fingerprint density at radius 1 is 1.37 bits per heavy atom. The maximum absolute atomic E-state index is 12.2. The molecule has 5 heteroatoms. The van der Waals surface area contributed by atoms with Crippen LogP contribution in [-0.4, -0.2) is 16.9 Å². The standard InChI is InChI=1S/C14H23N3OS/c1-9(11-7-5-3-4-6-8-11)16-13(18)12-10(2)17-14(15)19-12/h9,11H,3-8H2,1-2H3,(H2,15,17)(H,16,18)/t9-/m1/s1. The number of carbonyl (C=O) groups excluding carboxylic acids is 1. The number of nitrogens with two attached hydrogens (primary N) is 1. The monoisotopic (exact) mass is 281 g/mol. The van der Waals surface area contributed by atoms with E-state index >= 15 is 0 Å². The molecule has 0 radical (unpaired) electrons. The van der Waals surface area contributed by atoms with Gasteiger partial charge >= 0.3 is 0 Å². The molecule has 1 amide bonds. The van der Waals surface area contributed by atoms with Gasteiger partial charge in [-0.05, 0) is 32.6 Å². The quantitative estimate of drug-likeness (QED) is 0.836. The van der Waals surface area contributed by atoms with Gasteiger partial charge in [-0.2, -0.15) is 0 Å². The van der Waals surface area contributed by atoms with E-state index in [1.165, 1.54) is 49.9 Å². The van der Waals surface area contributed by atoms with Crippen molar-refractivity contribution < 1.29 is 4.79 Å². The number of anilines is 1. The lowest BCUT2D eigenvalue weighted by atomic mass is 9.93. The van der Waals surface area contributed by atoms with Gasteiger partial charge in [0.2, 0.25) is 0 Å².